The maximum absolute atomic E-state index is 14.0. The number of halogens is 4. The first-order valence-corrected chi connectivity index (χ1v) is 9.35. The molecule has 1 aliphatic carbocycles. The Labute approximate surface area is 149 Å². The highest BCUT2D eigenvalue weighted by Gasteiger charge is 2.31. The van der Waals surface area contributed by atoms with Crippen LogP contribution < -0.4 is 9.62 Å². The molecule has 138 valence electrons. The topological polar surface area (TPSA) is 27.6 Å². The summed E-state index contributed by atoms with van der Waals surface area (Å²) in [6.45, 7) is 2.96. The fourth-order valence-corrected chi connectivity index (χ4v) is 3.70. The van der Waals surface area contributed by atoms with Crippen molar-refractivity contribution >= 4 is 29.2 Å². The van der Waals surface area contributed by atoms with Gasteiger partial charge in [-0.2, -0.15) is 13.2 Å². The maximum atomic E-state index is 14.0. The van der Waals surface area contributed by atoms with Crippen LogP contribution in [0.2, 0.25) is 0 Å². The third-order valence-corrected chi connectivity index (χ3v) is 5.18. The van der Waals surface area contributed by atoms with Crippen LogP contribution in [0.5, 0.6) is 0 Å². The molecule has 1 saturated carbocycles. The van der Waals surface area contributed by atoms with Crippen LogP contribution in [0.15, 0.2) is 22.0 Å². The van der Waals surface area contributed by atoms with Gasteiger partial charge in [-0.05, 0) is 56.7 Å². The number of rotatable bonds is 7. The number of benzene rings is 1. The number of aliphatic imine (C=N–C) groups is 1. The maximum Gasteiger partial charge on any atom is 0.389 e. The fourth-order valence-electron chi connectivity index (χ4n) is 2.85. The van der Waals surface area contributed by atoms with Gasteiger partial charge in [-0.15, -0.1) is 0 Å². The van der Waals surface area contributed by atoms with E-state index in [1.54, 1.807) is 0 Å². The minimum atomic E-state index is -4.12. The van der Waals surface area contributed by atoms with Crippen LogP contribution in [0.1, 0.15) is 39.0 Å². The third-order valence-electron chi connectivity index (χ3n) is 4.34. The van der Waals surface area contributed by atoms with E-state index >= 15 is 0 Å². The Hall–Kier alpha value is -1.44. The molecule has 0 spiro atoms. The summed E-state index contributed by atoms with van der Waals surface area (Å²) in [7, 11) is 0. The van der Waals surface area contributed by atoms with Crippen molar-refractivity contribution in [3.8, 4) is 0 Å². The summed E-state index contributed by atoms with van der Waals surface area (Å²) in [6, 6.07) is 2.88. The van der Waals surface area contributed by atoms with E-state index < -0.39 is 12.6 Å². The number of nitrogens with one attached hydrogen (secondary N) is 1. The van der Waals surface area contributed by atoms with E-state index in [1.807, 2.05) is 11.8 Å². The van der Waals surface area contributed by atoms with Gasteiger partial charge >= 0.3 is 6.18 Å². The Morgan fingerprint density at radius 2 is 2.04 bits per heavy atom. The summed E-state index contributed by atoms with van der Waals surface area (Å²) in [6.07, 6.45) is -2.22. The molecule has 0 atom stereocenters. The van der Waals surface area contributed by atoms with Crippen molar-refractivity contribution in [3.05, 3.63) is 17.9 Å². The SMILES string of the molecule is CCN(CCCCC(F)(F)F)c1cc(F)cc2c1N=C(C1CC1)NS2. The minimum Gasteiger partial charge on any atom is -0.370 e. The van der Waals surface area contributed by atoms with Crippen molar-refractivity contribution in [3.63, 3.8) is 0 Å². The highest BCUT2D eigenvalue weighted by molar-refractivity contribution is 7.98. The molecule has 0 unspecified atom stereocenters. The first kappa shape index (κ1) is 18.4. The number of fused-ring (bicyclic) bond motifs is 1. The van der Waals surface area contributed by atoms with Crippen LogP contribution in [-0.2, 0) is 0 Å². The summed E-state index contributed by atoms with van der Waals surface area (Å²) in [5.74, 6) is 1.00. The first-order valence-electron chi connectivity index (χ1n) is 8.54. The summed E-state index contributed by atoms with van der Waals surface area (Å²) in [4.78, 5) is 7.31. The summed E-state index contributed by atoms with van der Waals surface area (Å²) >= 11 is 1.36. The van der Waals surface area contributed by atoms with E-state index in [0.29, 0.717) is 36.0 Å². The van der Waals surface area contributed by atoms with Crippen LogP contribution in [0.3, 0.4) is 0 Å². The molecule has 1 aliphatic heterocycles. The van der Waals surface area contributed by atoms with E-state index in [-0.39, 0.29) is 12.2 Å². The van der Waals surface area contributed by atoms with E-state index in [1.165, 1.54) is 24.1 Å². The number of amidine groups is 1. The van der Waals surface area contributed by atoms with E-state index in [2.05, 4.69) is 9.71 Å². The molecule has 0 bridgehead atoms. The lowest BCUT2D eigenvalue weighted by atomic mass is 10.2. The van der Waals surface area contributed by atoms with Gasteiger partial charge in [-0.25, -0.2) is 9.38 Å². The molecular formula is C17H21F4N3S. The van der Waals surface area contributed by atoms with Gasteiger partial charge in [0, 0.05) is 25.4 Å². The Balaban J connectivity index is 1.77. The lowest BCUT2D eigenvalue weighted by molar-refractivity contribution is -0.135. The highest BCUT2D eigenvalue weighted by atomic mass is 32.2. The molecule has 3 nitrogen and oxygen atoms in total. The van der Waals surface area contributed by atoms with Gasteiger partial charge in [-0.3, -0.25) is 0 Å². The second-order valence-corrected chi connectivity index (χ2v) is 7.25. The molecule has 1 fully saturated rings. The molecule has 2 aliphatic rings. The molecule has 0 radical (unpaired) electrons. The lowest BCUT2D eigenvalue weighted by Gasteiger charge is -2.27. The quantitative estimate of drug-likeness (QED) is 0.391. The summed E-state index contributed by atoms with van der Waals surface area (Å²) < 4.78 is 54.1. The predicted octanol–water partition coefficient (Wildman–Crippen LogP) is 5.43. The molecule has 1 heterocycles. The zero-order chi connectivity index (χ0) is 18.0. The zero-order valence-corrected chi connectivity index (χ0v) is 14.8. The van der Waals surface area contributed by atoms with E-state index in [9.17, 15) is 17.6 Å². The summed E-state index contributed by atoms with van der Waals surface area (Å²) in [5.41, 5.74) is 1.39. The van der Waals surface area contributed by atoms with Crippen molar-refractivity contribution in [2.75, 3.05) is 18.0 Å². The molecule has 1 aromatic rings. The van der Waals surface area contributed by atoms with Crippen molar-refractivity contribution < 1.29 is 17.6 Å². The van der Waals surface area contributed by atoms with Crippen LogP contribution in [0, 0.1) is 11.7 Å². The highest BCUT2D eigenvalue weighted by Crippen LogP contribution is 2.43. The van der Waals surface area contributed by atoms with Crippen LogP contribution in [-0.4, -0.2) is 25.1 Å². The molecule has 25 heavy (non-hydrogen) atoms. The average molecular weight is 375 g/mol. The van der Waals surface area contributed by atoms with Crippen molar-refractivity contribution in [2.24, 2.45) is 10.9 Å². The van der Waals surface area contributed by atoms with Crippen LogP contribution in [0.25, 0.3) is 0 Å². The molecule has 1 aromatic carbocycles. The number of anilines is 1. The standard InChI is InChI=1S/C17H21F4N3S/c1-2-24(8-4-3-7-17(19,20)21)13-9-12(18)10-14-15(13)22-16(23-25-14)11-5-6-11/h9-11H,2-8H2,1H3,(H,22,23). The van der Waals surface area contributed by atoms with Crippen molar-refractivity contribution in [1.29, 1.82) is 0 Å². The molecular weight excluding hydrogens is 354 g/mol. The van der Waals surface area contributed by atoms with Gasteiger partial charge in [-0.1, -0.05) is 0 Å². The number of hydrogen-bond donors (Lipinski definition) is 1. The van der Waals surface area contributed by atoms with Gasteiger partial charge in [0.05, 0.1) is 10.6 Å². The number of unbranched alkanes of at least 4 members (excludes halogenated alkanes) is 1. The number of alkyl halides is 3. The molecule has 3 rings (SSSR count). The van der Waals surface area contributed by atoms with Gasteiger partial charge in [0.25, 0.3) is 0 Å². The normalized spacial score (nSPS) is 16.9. The Morgan fingerprint density at radius 3 is 2.68 bits per heavy atom. The Bertz CT molecular complexity index is 656. The molecule has 1 N–H and O–H groups in total. The Kier molecular flexibility index (Phi) is 5.46. The number of nitrogens with zero attached hydrogens (tertiary/aromatic N) is 2. The Morgan fingerprint density at radius 1 is 1.28 bits per heavy atom. The predicted molar refractivity (Wildman–Crippen MR) is 93.0 cm³/mol. The van der Waals surface area contributed by atoms with E-state index in [0.717, 1.165) is 24.4 Å². The molecule has 0 saturated heterocycles. The van der Waals surface area contributed by atoms with Crippen LogP contribution >= 0.6 is 11.9 Å². The largest absolute Gasteiger partial charge is 0.389 e. The van der Waals surface area contributed by atoms with Crippen molar-refractivity contribution in [2.45, 2.75) is 50.1 Å². The third kappa shape index (κ3) is 4.80. The monoisotopic (exact) mass is 375 g/mol. The summed E-state index contributed by atoms with van der Waals surface area (Å²) in [5, 5.41) is 0. The van der Waals surface area contributed by atoms with Gasteiger partial charge in [0.15, 0.2) is 0 Å². The van der Waals surface area contributed by atoms with Gasteiger partial charge in [0.2, 0.25) is 0 Å². The fraction of sp³-hybridized carbons (Fsp3) is 0.588. The number of hydrogen-bond acceptors (Lipinski definition) is 4. The molecule has 8 heteroatoms. The van der Waals surface area contributed by atoms with Gasteiger partial charge in [0.1, 0.15) is 17.3 Å². The van der Waals surface area contributed by atoms with Crippen LogP contribution in [0.4, 0.5) is 28.9 Å². The lowest BCUT2D eigenvalue weighted by Crippen LogP contribution is -2.26. The zero-order valence-electron chi connectivity index (χ0n) is 14.0. The average Bonchev–Trinajstić information content (AvgIpc) is 3.38. The first-order chi connectivity index (χ1) is 11.9. The molecule has 0 aromatic heterocycles. The smallest absolute Gasteiger partial charge is 0.370 e. The van der Waals surface area contributed by atoms with E-state index in [4.69, 9.17) is 0 Å². The molecule has 0 amide bonds. The van der Waals surface area contributed by atoms with Gasteiger partial charge < -0.3 is 9.62 Å². The second kappa shape index (κ2) is 7.43. The van der Waals surface area contributed by atoms with Crippen molar-refractivity contribution in [1.82, 2.24) is 4.72 Å². The second-order valence-electron chi connectivity index (χ2n) is 6.40. The minimum absolute atomic E-state index is 0.0738.